The summed E-state index contributed by atoms with van der Waals surface area (Å²) in [6, 6.07) is 3.95. The minimum atomic E-state index is 0.948. The fraction of sp³-hybridized carbons (Fsp3) is 0.273. The fourth-order valence-electron chi connectivity index (χ4n) is 2.06. The molecule has 0 amide bonds. The number of aromatic nitrogens is 3. The highest BCUT2D eigenvalue weighted by Crippen LogP contribution is 2.32. The van der Waals surface area contributed by atoms with Gasteiger partial charge in [-0.15, -0.1) is 0 Å². The predicted octanol–water partition coefficient (Wildman–Crippen LogP) is 1.09. The fourth-order valence-corrected chi connectivity index (χ4v) is 2.06. The summed E-state index contributed by atoms with van der Waals surface area (Å²) in [7, 11) is 2.07. The van der Waals surface area contributed by atoms with Gasteiger partial charge in [0.25, 0.3) is 0 Å². The van der Waals surface area contributed by atoms with E-state index in [0.29, 0.717) is 0 Å². The van der Waals surface area contributed by atoms with E-state index >= 15 is 0 Å². The first-order valence-electron chi connectivity index (χ1n) is 5.00. The van der Waals surface area contributed by atoms with Crippen molar-refractivity contribution in [3.8, 4) is 11.3 Å². The Morgan fingerprint density at radius 2 is 2.33 bits per heavy atom. The van der Waals surface area contributed by atoms with Gasteiger partial charge in [0.1, 0.15) is 5.82 Å². The van der Waals surface area contributed by atoms with Crippen LogP contribution in [0.15, 0.2) is 24.5 Å². The van der Waals surface area contributed by atoms with Crippen LogP contribution in [0.2, 0.25) is 0 Å². The van der Waals surface area contributed by atoms with E-state index in [-0.39, 0.29) is 0 Å². The normalized spacial score (nSPS) is 14.3. The molecule has 0 saturated carbocycles. The third kappa shape index (κ3) is 1.21. The van der Waals surface area contributed by atoms with Crippen molar-refractivity contribution in [3.63, 3.8) is 0 Å². The summed E-state index contributed by atoms with van der Waals surface area (Å²) in [5.41, 5.74) is 3.41. The Kier molecular flexibility index (Phi) is 1.74. The van der Waals surface area contributed by atoms with Crippen LogP contribution < -0.4 is 10.00 Å². The summed E-state index contributed by atoms with van der Waals surface area (Å²) in [5.74, 6) is 1.08. The third-order valence-corrected chi connectivity index (χ3v) is 2.83. The third-order valence-electron chi connectivity index (χ3n) is 2.83. The van der Waals surface area contributed by atoms with E-state index in [1.807, 2.05) is 18.3 Å². The molecule has 15 heavy (non-hydrogen) atoms. The van der Waals surface area contributed by atoms with Crippen LogP contribution in [0.5, 0.6) is 0 Å². The first-order valence-corrected chi connectivity index (χ1v) is 5.00. The SMILES string of the molecule is CN1CCc2c(-c3cc[n-]n3)ccnc21. The molecular formula is C11H11N4-. The second-order valence-electron chi connectivity index (χ2n) is 3.75. The topological polar surface area (TPSA) is 43.1 Å². The molecule has 0 atom stereocenters. The quantitative estimate of drug-likeness (QED) is 0.689. The molecule has 1 aliphatic heterocycles. The van der Waals surface area contributed by atoms with Crippen molar-refractivity contribution < 1.29 is 0 Å². The van der Waals surface area contributed by atoms with Crippen LogP contribution in [-0.4, -0.2) is 23.7 Å². The molecule has 3 heterocycles. The molecule has 0 aromatic carbocycles. The van der Waals surface area contributed by atoms with E-state index in [4.69, 9.17) is 0 Å². The average Bonchev–Trinajstić information content (AvgIpc) is 2.88. The van der Waals surface area contributed by atoms with Crippen molar-refractivity contribution in [2.24, 2.45) is 0 Å². The zero-order valence-electron chi connectivity index (χ0n) is 8.51. The molecule has 2 aromatic heterocycles. The molecule has 1 aliphatic rings. The zero-order chi connectivity index (χ0) is 10.3. The maximum atomic E-state index is 4.39. The summed E-state index contributed by atoms with van der Waals surface area (Å²) in [4.78, 5) is 6.56. The number of rotatable bonds is 1. The zero-order valence-corrected chi connectivity index (χ0v) is 8.51. The van der Waals surface area contributed by atoms with E-state index in [9.17, 15) is 0 Å². The van der Waals surface area contributed by atoms with Gasteiger partial charge in [-0.3, -0.25) is 0 Å². The lowest BCUT2D eigenvalue weighted by atomic mass is 10.1. The number of anilines is 1. The highest BCUT2D eigenvalue weighted by molar-refractivity contribution is 5.71. The van der Waals surface area contributed by atoms with Gasteiger partial charge < -0.3 is 15.1 Å². The number of likely N-dealkylation sites (N-methyl/N-ethyl adjacent to an activating group) is 1. The van der Waals surface area contributed by atoms with E-state index in [1.54, 1.807) is 6.20 Å². The Morgan fingerprint density at radius 3 is 3.13 bits per heavy atom. The molecule has 76 valence electrons. The van der Waals surface area contributed by atoms with Gasteiger partial charge >= 0.3 is 0 Å². The first-order chi connectivity index (χ1) is 7.36. The maximum Gasteiger partial charge on any atom is 0.132 e. The molecule has 0 spiro atoms. The van der Waals surface area contributed by atoms with Crippen molar-refractivity contribution in [2.45, 2.75) is 6.42 Å². The highest BCUT2D eigenvalue weighted by atomic mass is 15.2. The van der Waals surface area contributed by atoms with Crippen molar-refractivity contribution in [1.82, 2.24) is 15.2 Å². The summed E-state index contributed by atoms with van der Waals surface area (Å²) in [6.45, 7) is 1.04. The van der Waals surface area contributed by atoms with E-state index < -0.39 is 0 Å². The molecule has 0 aliphatic carbocycles. The van der Waals surface area contributed by atoms with Crippen molar-refractivity contribution >= 4 is 5.82 Å². The summed E-state index contributed by atoms with van der Waals surface area (Å²) in [6.07, 6.45) is 4.60. The van der Waals surface area contributed by atoms with Crippen LogP contribution >= 0.6 is 0 Å². The Balaban J connectivity index is 2.18. The highest BCUT2D eigenvalue weighted by Gasteiger charge is 2.20. The van der Waals surface area contributed by atoms with Crippen LogP contribution in [0.3, 0.4) is 0 Å². The minimum absolute atomic E-state index is 0.948. The molecule has 0 unspecified atom stereocenters. The largest absolute Gasteiger partial charge is 0.581 e. The predicted molar refractivity (Wildman–Crippen MR) is 57.8 cm³/mol. The molecular weight excluding hydrogens is 188 g/mol. The molecule has 4 heteroatoms. The van der Waals surface area contributed by atoms with E-state index in [0.717, 1.165) is 24.5 Å². The van der Waals surface area contributed by atoms with Gasteiger partial charge in [0.2, 0.25) is 0 Å². The molecule has 3 rings (SSSR count). The molecule has 2 aromatic rings. The number of nitrogens with zero attached hydrogens (tertiary/aromatic N) is 4. The van der Waals surface area contributed by atoms with Gasteiger partial charge in [-0.1, -0.05) is 6.07 Å². The lowest BCUT2D eigenvalue weighted by Crippen LogP contribution is -2.13. The smallest absolute Gasteiger partial charge is 0.132 e. The van der Waals surface area contributed by atoms with Gasteiger partial charge in [0.05, 0.1) is 0 Å². The molecule has 4 nitrogen and oxygen atoms in total. The van der Waals surface area contributed by atoms with Crippen LogP contribution in [0, 0.1) is 0 Å². The van der Waals surface area contributed by atoms with Crippen LogP contribution in [0.1, 0.15) is 5.56 Å². The lowest BCUT2D eigenvalue weighted by molar-refractivity contribution is 0.945. The monoisotopic (exact) mass is 199 g/mol. The molecule has 0 bridgehead atoms. The number of fused-ring (bicyclic) bond motifs is 1. The minimum Gasteiger partial charge on any atom is -0.581 e. The molecule has 0 fully saturated rings. The second kappa shape index (κ2) is 3.08. The molecule has 0 saturated heterocycles. The van der Waals surface area contributed by atoms with Crippen molar-refractivity contribution in [3.05, 3.63) is 30.1 Å². The standard InChI is InChI=1S/C11H11N4/c1-15-7-4-9-8(2-5-12-11(9)15)10-3-6-13-14-10/h2-3,5-6H,4,7H2,1H3/q-1. The van der Waals surface area contributed by atoms with Gasteiger partial charge in [-0.2, -0.15) is 6.20 Å². The van der Waals surface area contributed by atoms with E-state index in [2.05, 4.69) is 27.1 Å². The molecule has 0 N–H and O–H groups in total. The van der Waals surface area contributed by atoms with Crippen molar-refractivity contribution in [1.29, 1.82) is 0 Å². The van der Waals surface area contributed by atoms with Gasteiger partial charge in [0.15, 0.2) is 0 Å². The van der Waals surface area contributed by atoms with Crippen LogP contribution in [-0.2, 0) is 6.42 Å². The van der Waals surface area contributed by atoms with Crippen LogP contribution in [0.4, 0.5) is 5.82 Å². The summed E-state index contributed by atoms with van der Waals surface area (Å²) < 4.78 is 0. The Morgan fingerprint density at radius 1 is 1.40 bits per heavy atom. The number of hydrogen-bond donors (Lipinski definition) is 0. The summed E-state index contributed by atoms with van der Waals surface area (Å²) >= 11 is 0. The van der Waals surface area contributed by atoms with Gasteiger partial charge in [0, 0.05) is 36.6 Å². The Bertz CT molecular complexity index is 475. The van der Waals surface area contributed by atoms with Gasteiger partial charge in [-0.05, 0) is 12.5 Å². The van der Waals surface area contributed by atoms with Crippen LogP contribution in [0.25, 0.3) is 11.3 Å². The van der Waals surface area contributed by atoms with Gasteiger partial charge in [-0.25, -0.2) is 4.98 Å². The van der Waals surface area contributed by atoms with Crippen molar-refractivity contribution in [2.75, 3.05) is 18.5 Å². The lowest BCUT2D eigenvalue weighted by Gasteiger charge is -2.11. The second-order valence-corrected chi connectivity index (χ2v) is 3.75. The average molecular weight is 199 g/mol. The summed E-state index contributed by atoms with van der Waals surface area (Å²) in [5, 5.41) is 7.95. The Labute approximate surface area is 88.0 Å². The number of pyridine rings is 1. The Hall–Kier alpha value is -1.84. The number of hydrogen-bond acceptors (Lipinski definition) is 3. The van der Waals surface area contributed by atoms with E-state index in [1.165, 1.54) is 11.1 Å². The molecule has 0 radical (unpaired) electrons. The first kappa shape index (κ1) is 8.47. The maximum absolute atomic E-state index is 4.39.